The molecular weight excluding hydrogens is 310 g/mol. The molecule has 1 aliphatic rings. The quantitative estimate of drug-likeness (QED) is 0.796. The Kier molecular flexibility index (Phi) is 3.88. The minimum Gasteiger partial charge on any atom is -0.385 e. The summed E-state index contributed by atoms with van der Waals surface area (Å²) < 4.78 is 7.76. The zero-order chi connectivity index (χ0) is 15.8. The number of aliphatic hydroxyl groups is 1. The van der Waals surface area contributed by atoms with E-state index >= 15 is 0 Å². The smallest absolute Gasteiger partial charge is 0.138 e. The van der Waals surface area contributed by atoms with Gasteiger partial charge < -0.3 is 14.4 Å². The molecule has 120 valence electrons. The van der Waals surface area contributed by atoms with Crippen LogP contribution in [0.1, 0.15) is 48.5 Å². The molecule has 3 aromatic rings. The minimum atomic E-state index is -0.612. The lowest BCUT2D eigenvalue weighted by molar-refractivity contribution is 0.111. The second-order valence-electron chi connectivity index (χ2n) is 5.90. The lowest BCUT2D eigenvalue weighted by atomic mass is 10.2. The molecule has 5 nitrogen and oxygen atoms in total. The van der Waals surface area contributed by atoms with Gasteiger partial charge in [-0.15, -0.1) is 11.3 Å². The summed E-state index contributed by atoms with van der Waals surface area (Å²) in [6.45, 7) is 3.19. The molecule has 2 aromatic heterocycles. The van der Waals surface area contributed by atoms with Crippen LogP contribution in [-0.2, 0) is 11.3 Å². The number of hydrogen-bond acceptors (Lipinski definition) is 5. The normalized spacial score (nSPS) is 19.5. The summed E-state index contributed by atoms with van der Waals surface area (Å²) in [5.74, 6) is 0.679. The summed E-state index contributed by atoms with van der Waals surface area (Å²) >= 11 is 1.66. The maximum absolute atomic E-state index is 10.0. The van der Waals surface area contributed by atoms with E-state index in [9.17, 15) is 5.11 Å². The lowest BCUT2D eigenvalue weighted by Gasteiger charge is -2.09. The molecule has 3 heterocycles. The van der Waals surface area contributed by atoms with Gasteiger partial charge in [-0.2, -0.15) is 0 Å². The summed E-state index contributed by atoms with van der Waals surface area (Å²) in [4.78, 5) is 9.29. The Labute approximate surface area is 138 Å². The fourth-order valence-corrected chi connectivity index (χ4v) is 3.95. The van der Waals surface area contributed by atoms with Gasteiger partial charge in [-0.1, -0.05) is 12.1 Å². The average Bonchev–Trinajstić information content (AvgIpc) is 3.26. The number of imidazole rings is 1. The van der Waals surface area contributed by atoms with Crippen molar-refractivity contribution < 1.29 is 9.84 Å². The Bertz CT molecular complexity index is 818. The fourth-order valence-electron chi connectivity index (χ4n) is 3.06. The van der Waals surface area contributed by atoms with E-state index in [0.29, 0.717) is 12.4 Å². The van der Waals surface area contributed by atoms with E-state index in [1.54, 1.807) is 18.3 Å². The zero-order valence-corrected chi connectivity index (χ0v) is 13.8. The highest BCUT2D eigenvalue weighted by atomic mass is 32.1. The number of hydrogen-bond donors (Lipinski definition) is 1. The highest BCUT2D eigenvalue weighted by Crippen LogP contribution is 2.31. The van der Waals surface area contributed by atoms with Crippen molar-refractivity contribution in [3.05, 3.63) is 46.2 Å². The second kappa shape index (κ2) is 6.03. The molecule has 4 rings (SSSR count). The van der Waals surface area contributed by atoms with Crippen molar-refractivity contribution in [1.82, 2.24) is 14.5 Å². The molecule has 1 aromatic carbocycles. The summed E-state index contributed by atoms with van der Waals surface area (Å²) in [5.41, 5.74) is 2.92. The van der Waals surface area contributed by atoms with Crippen LogP contribution in [0.3, 0.4) is 0 Å². The number of para-hydroxylation sites is 2. The number of aromatic nitrogens is 3. The van der Waals surface area contributed by atoms with E-state index in [-0.39, 0.29) is 6.10 Å². The van der Waals surface area contributed by atoms with Crippen molar-refractivity contribution in [2.45, 2.75) is 38.5 Å². The monoisotopic (exact) mass is 329 g/mol. The molecular formula is C17H19N3O2S. The molecule has 0 amide bonds. The molecule has 0 bridgehead atoms. The lowest BCUT2D eigenvalue weighted by Crippen LogP contribution is -2.08. The van der Waals surface area contributed by atoms with E-state index in [1.807, 2.05) is 28.8 Å². The highest BCUT2D eigenvalue weighted by Gasteiger charge is 2.22. The number of thiazole rings is 1. The largest absolute Gasteiger partial charge is 0.385 e. The second-order valence-corrected chi connectivity index (χ2v) is 6.79. The number of ether oxygens (including phenoxy) is 1. The first-order valence-electron chi connectivity index (χ1n) is 7.91. The van der Waals surface area contributed by atoms with Crippen molar-refractivity contribution in [3.63, 3.8) is 0 Å². The molecule has 0 aliphatic carbocycles. The number of aliphatic hydroxyl groups excluding tert-OH is 1. The number of benzene rings is 1. The maximum Gasteiger partial charge on any atom is 0.138 e. The zero-order valence-electron chi connectivity index (χ0n) is 13.0. The Balaban J connectivity index is 1.68. The standard InChI is InChI=1S/C17H19N3O2S/c1-11(21)16-19-13-5-2-3-6-14(13)20(16)9-12-10-23-17(18-12)15-7-4-8-22-15/h2-3,5-6,10-11,15,21H,4,7-9H2,1H3/t11-,15+/m1/s1. The van der Waals surface area contributed by atoms with Crippen LogP contribution in [0.15, 0.2) is 29.6 Å². The van der Waals surface area contributed by atoms with E-state index < -0.39 is 6.10 Å². The highest BCUT2D eigenvalue weighted by molar-refractivity contribution is 7.09. The van der Waals surface area contributed by atoms with E-state index in [1.165, 1.54) is 0 Å². The van der Waals surface area contributed by atoms with E-state index in [0.717, 1.165) is 41.2 Å². The van der Waals surface area contributed by atoms with Crippen LogP contribution in [0, 0.1) is 0 Å². The van der Waals surface area contributed by atoms with Gasteiger partial charge in [0.2, 0.25) is 0 Å². The molecule has 0 saturated carbocycles. The molecule has 1 fully saturated rings. The Hall–Kier alpha value is -1.76. The predicted octanol–water partition coefficient (Wildman–Crippen LogP) is 3.45. The van der Waals surface area contributed by atoms with Crippen LogP contribution in [-0.4, -0.2) is 26.2 Å². The van der Waals surface area contributed by atoms with Crippen molar-refractivity contribution in [2.24, 2.45) is 0 Å². The predicted molar refractivity (Wildman–Crippen MR) is 89.5 cm³/mol. The van der Waals surface area contributed by atoms with Gasteiger partial charge in [-0.05, 0) is 31.9 Å². The van der Waals surface area contributed by atoms with Crippen molar-refractivity contribution >= 4 is 22.4 Å². The number of rotatable bonds is 4. The molecule has 1 aliphatic heterocycles. The first-order valence-corrected chi connectivity index (χ1v) is 8.79. The fraction of sp³-hybridized carbons (Fsp3) is 0.412. The first-order chi connectivity index (χ1) is 11.2. The molecule has 6 heteroatoms. The summed E-state index contributed by atoms with van der Waals surface area (Å²) in [6.07, 6.45) is 1.71. The molecule has 0 unspecified atom stereocenters. The van der Waals surface area contributed by atoms with Crippen LogP contribution >= 0.6 is 11.3 Å². The van der Waals surface area contributed by atoms with E-state index in [4.69, 9.17) is 9.72 Å². The number of fused-ring (bicyclic) bond motifs is 1. The molecule has 23 heavy (non-hydrogen) atoms. The third kappa shape index (κ3) is 2.78. The van der Waals surface area contributed by atoms with Crippen molar-refractivity contribution in [3.8, 4) is 0 Å². The van der Waals surface area contributed by atoms with Crippen LogP contribution in [0.25, 0.3) is 11.0 Å². The van der Waals surface area contributed by atoms with Crippen LogP contribution < -0.4 is 0 Å². The minimum absolute atomic E-state index is 0.157. The third-order valence-corrected chi connectivity index (χ3v) is 5.14. The van der Waals surface area contributed by atoms with Gasteiger partial charge in [-0.25, -0.2) is 9.97 Å². The van der Waals surface area contributed by atoms with Gasteiger partial charge in [0, 0.05) is 12.0 Å². The first kappa shape index (κ1) is 14.8. The van der Waals surface area contributed by atoms with Gasteiger partial charge in [0.15, 0.2) is 0 Å². The molecule has 0 radical (unpaired) electrons. The van der Waals surface area contributed by atoms with E-state index in [2.05, 4.69) is 10.4 Å². The van der Waals surface area contributed by atoms with Gasteiger partial charge in [0.1, 0.15) is 23.0 Å². The van der Waals surface area contributed by atoms with Gasteiger partial charge in [-0.3, -0.25) is 0 Å². The molecule has 2 atom stereocenters. The Morgan fingerprint density at radius 2 is 2.26 bits per heavy atom. The van der Waals surface area contributed by atoms with Crippen LogP contribution in [0.4, 0.5) is 0 Å². The SMILES string of the molecule is C[C@@H](O)c1nc2ccccc2n1Cc1csc([C@@H]2CCCO2)n1. The average molecular weight is 329 g/mol. The molecule has 1 N–H and O–H groups in total. The maximum atomic E-state index is 10.0. The molecule has 0 spiro atoms. The third-order valence-electron chi connectivity index (χ3n) is 4.15. The van der Waals surface area contributed by atoms with Gasteiger partial charge >= 0.3 is 0 Å². The van der Waals surface area contributed by atoms with Gasteiger partial charge in [0.05, 0.1) is 23.3 Å². The topological polar surface area (TPSA) is 60.2 Å². The van der Waals surface area contributed by atoms with Gasteiger partial charge in [0.25, 0.3) is 0 Å². The summed E-state index contributed by atoms with van der Waals surface area (Å²) in [7, 11) is 0. The number of nitrogens with zero attached hydrogens (tertiary/aromatic N) is 3. The Morgan fingerprint density at radius 1 is 1.39 bits per heavy atom. The van der Waals surface area contributed by atoms with Crippen LogP contribution in [0.2, 0.25) is 0 Å². The Morgan fingerprint density at radius 3 is 3.04 bits per heavy atom. The summed E-state index contributed by atoms with van der Waals surface area (Å²) in [6, 6.07) is 7.95. The van der Waals surface area contributed by atoms with Crippen molar-refractivity contribution in [1.29, 1.82) is 0 Å². The summed E-state index contributed by atoms with van der Waals surface area (Å²) in [5, 5.41) is 13.2. The van der Waals surface area contributed by atoms with Crippen molar-refractivity contribution in [2.75, 3.05) is 6.61 Å². The van der Waals surface area contributed by atoms with Crippen LogP contribution in [0.5, 0.6) is 0 Å². The molecule has 1 saturated heterocycles.